The summed E-state index contributed by atoms with van der Waals surface area (Å²) < 4.78 is 0.993. The number of hydrogen-bond acceptors (Lipinski definition) is 2. The zero-order chi connectivity index (χ0) is 14.0. The minimum atomic E-state index is -0.658. The summed E-state index contributed by atoms with van der Waals surface area (Å²) in [4.78, 5) is 12.8. The first kappa shape index (κ1) is 14.5. The largest absolute Gasteiger partial charge is 0.392 e. The van der Waals surface area contributed by atoms with Crippen molar-refractivity contribution in [2.45, 2.75) is 32.6 Å². The van der Waals surface area contributed by atoms with Crippen molar-refractivity contribution >= 4 is 44.7 Å². The van der Waals surface area contributed by atoms with Gasteiger partial charge in [-0.25, -0.2) is 0 Å². The molecule has 1 aromatic rings. The Balaban J connectivity index is 2.22. The predicted octanol–water partition coefficient (Wildman–Crippen LogP) is 3.54. The summed E-state index contributed by atoms with van der Waals surface area (Å²) >= 11 is 8.53. The summed E-state index contributed by atoms with van der Waals surface area (Å²) in [5, 5.41) is 2.97. The fraction of sp³-hybridized carbons (Fsp3) is 0.429. The van der Waals surface area contributed by atoms with Gasteiger partial charge in [0.2, 0.25) is 5.91 Å². The van der Waals surface area contributed by atoms with Crippen LogP contribution in [0, 0.1) is 12.3 Å². The molecule has 0 aromatic heterocycles. The number of carbonyl (C=O) groups excluding carboxylic acids is 1. The third-order valence-corrected chi connectivity index (χ3v) is 4.68. The maximum Gasteiger partial charge on any atom is 0.237 e. The SMILES string of the molecule is Cc1cc(Br)ccc1NC(=O)C1(C(N)=S)CCCC1. The zero-order valence-electron chi connectivity index (χ0n) is 10.8. The molecule has 0 radical (unpaired) electrons. The molecule has 3 nitrogen and oxygen atoms in total. The van der Waals surface area contributed by atoms with Crippen molar-refractivity contribution in [3.8, 4) is 0 Å². The zero-order valence-corrected chi connectivity index (χ0v) is 13.2. The molecule has 2 rings (SSSR count). The molecule has 1 saturated carbocycles. The van der Waals surface area contributed by atoms with Gasteiger partial charge in [-0.05, 0) is 43.5 Å². The quantitative estimate of drug-likeness (QED) is 0.827. The lowest BCUT2D eigenvalue weighted by molar-refractivity contribution is -0.122. The second-order valence-electron chi connectivity index (χ2n) is 5.07. The van der Waals surface area contributed by atoms with Gasteiger partial charge in [0.25, 0.3) is 0 Å². The van der Waals surface area contributed by atoms with E-state index in [0.29, 0.717) is 4.99 Å². The van der Waals surface area contributed by atoms with E-state index in [2.05, 4.69) is 21.2 Å². The van der Waals surface area contributed by atoms with Gasteiger partial charge in [-0.15, -0.1) is 0 Å². The van der Waals surface area contributed by atoms with Crippen LogP contribution < -0.4 is 11.1 Å². The summed E-state index contributed by atoms with van der Waals surface area (Å²) in [5.41, 5.74) is 6.98. The van der Waals surface area contributed by atoms with E-state index in [0.717, 1.165) is 41.4 Å². The molecule has 102 valence electrons. The molecule has 0 unspecified atom stereocenters. The number of thiocarbonyl (C=S) groups is 1. The molecule has 1 fully saturated rings. The van der Waals surface area contributed by atoms with Gasteiger partial charge in [-0.1, -0.05) is 41.0 Å². The lowest BCUT2D eigenvalue weighted by atomic mass is 9.85. The Morgan fingerprint density at radius 3 is 2.58 bits per heavy atom. The van der Waals surface area contributed by atoms with Crippen molar-refractivity contribution in [2.24, 2.45) is 11.1 Å². The van der Waals surface area contributed by atoms with Crippen LogP contribution in [0.3, 0.4) is 0 Å². The smallest absolute Gasteiger partial charge is 0.237 e. The minimum Gasteiger partial charge on any atom is -0.392 e. The van der Waals surface area contributed by atoms with E-state index in [9.17, 15) is 4.79 Å². The number of hydrogen-bond donors (Lipinski definition) is 2. The standard InChI is InChI=1S/C14H17BrN2OS/c1-9-8-10(15)4-5-11(9)17-13(18)14(12(16)19)6-2-3-7-14/h4-5,8H,2-3,6-7H2,1H3,(H2,16,19)(H,17,18). The van der Waals surface area contributed by atoms with Gasteiger partial charge < -0.3 is 11.1 Å². The lowest BCUT2D eigenvalue weighted by Gasteiger charge is -2.26. The van der Waals surface area contributed by atoms with E-state index < -0.39 is 5.41 Å². The molecular formula is C14H17BrN2OS. The highest BCUT2D eigenvalue weighted by molar-refractivity contribution is 9.10. The molecule has 1 aliphatic carbocycles. The fourth-order valence-electron chi connectivity index (χ4n) is 2.57. The van der Waals surface area contributed by atoms with Crippen LogP contribution in [0.15, 0.2) is 22.7 Å². The van der Waals surface area contributed by atoms with E-state index in [1.807, 2.05) is 25.1 Å². The average Bonchev–Trinajstić information content (AvgIpc) is 2.83. The molecule has 1 aromatic carbocycles. The molecule has 0 aliphatic heterocycles. The Hall–Kier alpha value is -0.940. The van der Waals surface area contributed by atoms with Gasteiger partial charge in [-0.3, -0.25) is 4.79 Å². The van der Waals surface area contributed by atoms with Crippen LogP contribution in [-0.2, 0) is 4.79 Å². The van der Waals surface area contributed by atoms with E-state index in [1.165, 1.54) is 0 Å². The second-order valence-corrected chi connectivity index (χ2v) is 6.42. The molecule has 19 heavy (non-hydrogen) atoms. The number of carbonyl (C=O) groups is 1. The summed E-state index contributed by atoms with van der Waals surface area (Å²) in [6, 6.07) is 5.77. The van der Waals surface area contributed by atoms with Crippen molar-refractivity contribution < 1.29 is 4.79 Å². The summed E-state index contributed by atoms with van der Waals surface area (Å²) in [7, 11) is 0. The van der Waals surface area contributed by atoms with Crippen LogP contribution in [0.1, 0.15) is 31.2 Å². The fourth-order valence-corrected chi connectivity index (χ4v) is 3.35. The highest BCUT2D eigenvalue weighted by Crippen LogP contribution is 2.39. The number of aryl methyl sites for hydroxylation is 1. The molecule has 0 bridgehead atoms. The van der Waals surface area contributed by atoms with Gasteiger partial charge in [0.15, 0.2) is 0 Å². The van der Waals surface area contributed by atoms with Crippen molar-refractivity contribution in [1.29, 1.82) is 0 Å². The van der Waals surface area contributed by atoms with Crippen LogP contribution >= 0.6 is 28.1 Å². The Morgan fingerprint density at radius 2 is 2.05 bits per heavy atom. The molecule has 1 aliphatic rings. The summed E-state index contributed by atoms with van der Waals surface area (Å²) in [6.07, 6.45) is 3.52. The molecule has 1 amide bonds. The normalized spacial score (nSPS) is 17.2. The first-order valence-electron chi connectivity index (χ1n) is 6.33. The Kier molecular flexibility index (Phi) is 4.26. The van der Waals surface area contributed by atoms with Gasteiger partial charge in [0.05, 0.1) is 10.4 Å². The van der Waals surface area contributed by atoms with Gasteiger partial charge in [-0.2, -0.15) is 0 Å². The molecule has 0 heterocycles. The third kappa shape index (κ3) is 2.82. The van der Waals surface area contributed by atoms with Crippen molar-refractivity contribution in [3.63, 3.8) is 0 Å². The molecule has 0 atom stereocenters. The molecular weight excluding hydrogens is 324 g/mol. The first-order valence-corrected chi connectivity index (χ1v) is 7.53. The maximum absolute atomic E-state index is 12.5. The van der Waals surface area contributed by atoms with Crippen LogP contribution in [0.2, 0.25) is 0 Å². The summed E-state index contributed by atoms with van der Waals surface area (Å²) in [5.74, 6) is -0.0667. The number of rotatable bonds is 3. The molecule has 0 spiro atoms. The van der Waals surface area contributed by atoms with Crippen molar-refractivity contribution in [3.05, 3.63) is 28.2 Å². The number of halogens is 1. The number of nitrogens with one attached hydrogen (secondary N) is 1. The van der Waals surface area contributed by atoms with Gasteiger partial charge in [0, 0.05) is 10.2 Å². The monoisotopic (exact) mass is 340 g/mol. The van der Waals surface area contributed by atoms with E-state index in [-0.39, 0.29) is 5.91 Å². The number of amides is 1. The topological polar surface area (TPSA) is 55.1 Å². The van der Waals surface area contributed by atoms with Crippen LogP contribution in [0.5, 0.6) is 0 Å². The van der Waals surface area contributed by atoms with Crippen LogP contribution in [0.4, 0.5) is 5.69 Å². The van der Waals surface area contributed by atoms with E-state index >= 15 is 0 Å². The van der Waals surface area contributed by atoms with E-state index in [1.54, 1.807) is 0 Å². The van der Waals surface area contributed by atoms with Crippen molar-refractivity contribution in [1.82, 2.24) is 0 Å². The van der Waals surface area contributed by atoms with E-state index in [4.69, 9.17) is 18.0 Å². The van der Waals surface area contributed by atoms with Crippen molar-refractivity contribution in [2.75, 3.05) is 5.32 Å². The first-order chi connectivity index (χ1) is 8.95. The second kappa shape index (κ2) is 5.59. The number of anilines is 1. The van der Waals surface area contributed by atoms with Crippen LogP contribution in [0.25, 0.3) is 0 Å². The number of benzene rings is 1. The molecule has 0 saturated heterocycles. The Bertz CT molecular complexity index is 524. The molecule has 5 heteroatoms. The predicted molar refractivity (Wildman–Crippen MR) is 85.2 cm³/mol. The highest BCUT2D eigenvalue weighted by atomic mass is 79.9. The highest BCUT2D eigenvalue weighted by Gasteiger charge is 2.44. The Morgan fingerprint density at radius 1 is 1.42 bits per heavy atom. The Labute approximate surface area is 127 Å². The summed E-state index contributed by atoms with van der Waals surface area (Å²) in [6.45, 7) is 1.96. The lowest BCUT2D eigenvalue weighted by Crippen LogP contribution is -2.44. The minimum absolute atomic E-state index is 0.0667. The number of nitrogens with two attached hydrogens (primary N) is 1. The van der Waals surface area contributed by atoms with Gasteiger partial charge in [0.1, 0.15) is 0 Å². The van der Waals surface area contributed by atoms with Crippen LogP contribution in [-0.4, -0.2) is 10.9 Å². The van der Waals surface area contributed by atoms with Gasteiger partial charge >= 0.3 is 0 Å². The average molecular weight is 341 g/mol. The molecule has 3 N–H and O–H groups in total. The third-order valence-electron chi connectivity index (χ3n) is 3.80. The maximum atomic E-state index is 12.5.